The molecular weight excluding hydrogens is 330 g/mol. The Bertz CT molecular complexity index is 782. The second-order valence-corrected chi connectivity index (χ2v) is 8.22. The molecule has 1 aromatic carbocycles. The number of nitrogens with zero attached hydrogens (tertiary/aromatic N) is 3. The van der Waals surface area contributed by atoms with Crippen LogP contribution in [0.1, 0.15) is 52.0 Å². The molecule has 1 aromatic rings. The molecule has 1 atom stereocenters. The highest BCUT2D eigenvalue weighted by Gasteiger charge is 2.48. The predicted molar refractivity (Wildman–Crippen MR) is 96.0 cm³/mol. The van der Waals surface area contributed by atoms with Crippen LogP contribution in [0.3, 0.4) is 0 Å². The maximum Gasteiger partial charge on any atom is 0.257 e. The van der Waals surface area contributed by atoms with Crippen molar-refractivity contribution in [1.82, 2.24) is 4.90 Å². The van der Waals surface area contributed by atoms with E-state index in [1.807, 2.05) is 26.8 Å². The van der Waals surface area contributed by atoms with Gasteiger partial charge in [-0.3, -0.25) is 14.4 Å². The van der Waals surface area contributed by atoms with Crippen LogP contribution in [0.25, 0.3) is 0 Å². The van der Waals surface area contributed by atoms with Crippen LogP contribution in [0.2, 0.25) is 0 Å². The molecule has 0 spiro atoms. The maximum absolute atomic E-state index is 13.0. The van der Waals surface area contributed by atoms with Gasteiger partial charge in [-0.15, -0.1) is 0 Å². The second kappa shape index (κ2) is 6.56. The highest BCUT2D eigenvalue weighted by molar-refractivity contribution is 6.23. The number of hydrogen-bond acceptors (Lipinski definition) is 4. The normalized spacial score (nSPS) is 20.2. The highest BCUT2D eigenvalue weighted by Crippen LogP contribution is 2.36. The fourth-order valence-electron chi connectivity index (χ4n) is 3.32. The monoisotopic (exact) mass is 353 g/mol. The van der Waals surface area contributed by atoms with Crippen molar-refractivity contribution in [3.63, 3.8) is 0 Å². The number of benzene rings is 1. The zero-order valence-electron chi connectivity index (χ0n) is 15.4. The first kappa shape index (κ1) is 18.1. The van der Waals surface area contributed by atoms with Crippen LogP contribution in [0.5, 0.6) is 0 Å². The average molecular weight is 353 g/mol. The predicted octanol–water partition coefficient (Wildman–Crippen LogP) is 2.62. The number of carbonyl (C=O) groups excluding carboxylic acids is 3. The Morgan fingerprint density at radius 1 is 1.23 bits per heavy atom. The molecule has 2 fully saturated rings. The van der Waals surface area contributed by atoms with Gasteiger partial charge in [-0.05, 0) is 42.5 Å². The Balaban J connectivity index is 1.84. The van der Waals surface area contributed by atoms with E-state index in [-0.39, 0.29) is 35.6 Å². The van der Waals surface area contributed by atoms with Gasteiger partial charge in [0, 0.05) is 12.5 Å². The summed E-state index contributed by atoms with van der Waals surface area (Å²) >= 11 is 0. The van der Waals surface area contributed by atoms with Gasteiger partial charge >= 0.3 is 0 Å². The van der Waals surface area contributed by atoms with Gasteiger partial charge in [-0.2, -0.15) is 5.26 Å². The molecule has 1 saturated heterocycles. The van der Waals surface area contributed by atoms with E-state index in [1.165, 1.54) is 0 Å². The number of imide groups is 1. The number of amides is 3. The van der Waals surface area contributed by atoms with Crippen molar-refractivity contribution in [3.8, 4) is 6.07 Å². The van der Waals surface area contributed by atoms with Gasteiger partial charge in [0.2, 0.25) is 11.8 Å². The number of anilines is 1. The summed E-state index contributed by atoms with van der Waals surface area (Å²) in [5.41, 5.74) is 0.729. The Morgan fingerprint density at radius 3 is 2.35 bits per heavy atom. The van der Waals surface area contributed by atoms with Gasteiger partial charge < -0.3 is 4.90 Å². The van der Waals surface area contributed by atoms with Crippen molar-refractivity contribution in [2.45, 2.75) is 58.5 Å². The van der Waals surface area contributed by atoms with Gasteiger partial charge in [0.05, 0.1) is 23.7 Å². The molecule has 1 aliphatic carbocycles. The molecule has 136 valence electrons. The summed E-state index contributed by atoms with van der Waals surface area (Å²) < 4.78 is 0. The zero-order valence-corrected chi connectivity index (χ0v) is 15.4. The maximum atomic E-state index is 13.0. The van der Waals surface area contributed by atoms with Crippen molar-refractivity contribution in [2.24, 2.45) is 5.41 Å². The minimum Gasteiger partial charge on any atom is -0.327 e. The summed E-state index contributed by atoms with van der Waals surface area (Å²) in [6.45, 7) is 5.96. The smallest absolute Gasteiger partial charge is 0.257 e. The summed E-state index contributed by atoms with van der Waals surface area (Å²) in [5.74, 6) is -0.722. The van der Waals surface area contributed by atoms with Crippen molar-refractivity contribution in [1.29, 1.82) is 5.26 Å². The minimum atomic E-state index is -0.722. The summed E-state index contributed by atoms with van der Waals surface area (Å²) in [6, 6.07) is 7.69. The molecule has 1 unspecified atom stereocenters. The molecule has 3 rings (SSSR count). The van der Waals surface area contributed by atoms with Gasteiger partial charge in [-0.1, -0.05) is 20.8 Å². The van der Waals surface area contributed by atoms with E-state index in [2.05, 4.69) is 0 Å². The fraction of sp³-hybridized carbons (Fsp3) is 0.500. The molecule has 0 N–H and O–H groups in total. The van der Waals surface area contributed by atoms with E-state index in [4.69, 9.17) is 5.26 Å². The van der Waals surface area contributed by atoms with Crippen molar-refractivity contribution >= 4 is 23.4 Å². The molecule has 1 heterocycles. The molecule has 1 aliphatic heterocycles. The SMILES string of the molecule is CC(C)(C)CC(=O)N(C1CC1)C1CC(=O)N(c2ccc(C#N)cc2)C1=O. The molecule has 6 heteroatoms. The Labute approximate surface area is 153 Å². The van der Waals surface area contributed by atoms with E-state index in [1.54, 1.807) is 29.2 Å². The topological polar surface area (TPSA) is 81.5 Å². The number of carbonyl (C=O) groups is 3. The molecule has 26 heavy (non-hydrogen) atoms. The molecule has 0 radical (unpaired) electrons. The van der Waals surface area contributed by atoms with E-state index >= 15 is 0 Å². The third kappa shape index (κ3) is 3.62. The van der Waals surface area contributed by atoms with Crippen LogP contribution >= 0.6 is 0 Å². The summed E-state index contributed by atoms with van der Waals surface area (Å²) in [5, 5.41) is 8.89. The lowest BCUT2D eigenvalue weighted by Gasteiger charge is -2.30. The molecule has 6 nitrogen and oxygen atoms in total. The van der Waals surface area contributed by atoms with Crippen LogP contribution in [0.15, 0.2) is 24.3 Å². The van der Waals surface area contributed by atoms with E-state index in [9.17, 15) is 14.4 Å². The fourth-order valence-corrected chi connectivity index (χ4v) is 3.32. The van der Waals surface area contributed by atoms with Crippen molar-refractivity contribution in [2.75, 3.05) is 4.90 Å². The van der Waals surface area contributed by atoms with E-state index in [0.717, 1.165) is 17.7 Å². The first-order valence-electron chi connectivity index (χ1n) is 8.89. The Morgan fingerprint density at radius 2 is 1.85 bits per heavy atom. The number of hydrogen-bond donors (Lipinski definition) is 0. The number of nitriles is 1. The second-order valence-electron chi connectivity index (χ2n) is 8.22. The molecule has 2 aliphatic rings. The third-order valence-electron chi connectivity index (χ3n) is 4.62. The van der Waals surface area contributed by atoms with E-state index < -0.39 is 6.04 Å². The van der Waals surface area contributed by atoms with Crippen LogP contribution in [-0.2, 0) is 14.4 Å². The van der Waals surface area contributed by atoms with Gasteiger partial charge in [0.1, 0.15) is 6.04 Å². The van der Waals surface area contributed by atoms with Crippen LogP contribution < -0.4 is 4.90 Å². The molecule has 0 aromatic heterocycles. The third-order valence-corrected chi connectivity index (χ3v) is 4.62. The Hall–Kier alpha value is -2.68. The van der Waals surface area contributed by atoms with E-state index in [0.29, 0.717) is 17.7 Å². The van der Waals surface area contributed by atoms with Crippen LogP contribution in [0.4, 0.5) is 5.69 Å². The highest BCUT2D eigenvalue weighted by atomic mass is 16.2. The zero-order chi connectivity index (χ0) is 19.1. The van der Waals surface area contributed by atoms with Gasteiger partial charge in [0.15, 0.2) is 0 Å². The number of rotatable bonds is 4. The van der Waals surface area contributed by atoms with Crippen LogP contribution in [0, 0.1) is 16.7 Å². The van der Waals surface area contributed by atoms with Crippen molar-refractivity contribution < 1.29 is 14.4 Å². The largest absolute Gasteiger partial charge is 0.327 e. The molecule has 0 bridgehead atoms. The Kier molecular flexibility index (Phi) is 4.57. The lowest BCUT2D eigenvalue weighted by molar-refractivity contribution is -0.140. The van der Waals surface area contributed by atoms with Gasteiger partial charge in [-0.25, -0.2) is 4.90 Å². The molecular formula is C20H23N3O3. The van der Waals surface area contributed by atoms with Crippen molar-refractivity contribution in [3.05, 3.63) is 29.8 Å². The standard InChI is InChI=1S/C20H23N3O3/c1-20(2,3)11-18(25)22(14-8-9-14)16-10-17(24)23(19(16)26)15-6-4-13(12-21)5-7-15/h4-7,14,16H,8-11H2,1-3H3. The van der Waals surface area contributed by atoms with Crippen LogP contribution in [-0.4, -0.2) is 34.7 Å². The molecule has 3 amide bonds. The lowest BCUT2D eigenvalue weighted by atomic mass is 9.91. The minimum absolute atomic E-state index is 0.0191. The molecule has 1 saturated carbocycles. The lowest BCUT2D eigenvalue weighted by Crippen LogP contribution is -2.47. The first-order valence-corrected chi connectivity index (χ1v) is 8.89. The quantitative estimate of drug-likeness (QED) is 0.779. The first-order chi connectivity index (χ1) is 12.2. The summed E-state index contributed by atoms with van der Waals surface area (Å²) in [6.07, 6.45) is 2.12. The summed E-state index contributed by atoms with van der Waals surface area (Å²) in [7, 11) is 0. The van der Waals surface area contributed by atoms with Gasteiger partial charge in [0.25, 0.3) is 5.91 Å². The average Bonchev–Trinajstić information content (AvgIpc) is 3.33. The summed E-state index contributed by atoms with van der Waals surface area (Å²) in [4.78, 5) is 41.1.